The third kappa shape index (κ3) is 55.7. The molecule has 0 amide bonds. The van der Waals surface area contributed by atoms with E-state index in [9.17, 15) is 43.2 Å². The summed E-state index contributed by atoms with van der Waals surface area (Å²) in [5.74, 6) is -0.626. The van der Waals surface area contributed by atoms with Crippen molar-refractivity contribution in [3.8, 4) is 0 Å². The van der Waals surface area contributed by atoms with Crippen molar-refractivity contribution in [1.29, 1.82) is 0 Å². The first-order valence-corrected chi connectivity index (χ1v) is 35.5. The van der Waals surface area contributed by atoms with Crippen molar-refractivity contribution in [3.63, 3.8) is 0 Å². The number of hydrogen-bond donors (Lipinski definition) is 3. The average molecular weight is 1200 g/mol. The zero-order valence-electron chi connectivity index (χ0n) is 52.1. The molecule has 0 aliphatic rings. The lowest BCUT2D eigenvalue weighted by molar-refractivity contribution is -0.161. The Hall–Kier alpha value is -1.94. The summed E-state index contributed by atoms with van der Waals surface area (Å²) < 4.78 is 67.8. The molecule has 0 saturated carbocycles. The van der Waals surface area contributed by atoms with Gasteiger partial charge in [0.1, 0.15) is 19.3 Å². The summed E-state index contributed by atoms with van der Waals surface area (Å²) in [4.78, 5) is 72.0. The Kier molecular flexibility index (Phi) is 53.4. The smallest absolute Gasteiger partial charge is 0.462 e. The fourth-order valence-electron chi connectivity index (χ4n) is 9.15. The van der Waals surface area contributed by atoms with Crippen molar-refractivity contribution >= 4 is 39.5 Å². The number of aliphatic hydroxyl groups excluding tert-OH is 1. The predicted octanol–water partition coefficient (Wildman–Crippen LogP) is 16.9. The maximum absolute atomic E-state index is 13.0. The molecule has 6 atom stereocenters. The molecule has 19 heteroatoms. The zero-order chi connectivity index (χ0) is 60.1. The SMILES string of the molecule is CCCCCCCCCCCC(=O)O[C@H](COC(=O)CCCCCCCCCC)COP(=O)(O)OC[C@H](O)COP(=O)(O)OC[C@@H](COC(=O)CCCCCCCCCCC(C)CC)OC(=O)CCCCCCCCCCCC(C)C. The van der Waals surface area contributed by atoms with Crippen LogP contribution in [0.25, 0.3) is 0 Å². The quantitative estimate of drug-likeness (QED) is 0.0222. The van der Waals surface area contributed by atoms with E-state index in [1.165, 1.54) is 116 Å². The Labute approximate surface area is 492 Å². The van der Waals surface area contributed by atoms with Crippen LogP contribution in [0.4, 0.5) is 0 Å². The molecule has 0 heterocycles. The highest BCUT2D eigenvalue weighted by Crippen LogP contribution is 2.45. The number of carbonyl (C=O) groups excluding carboxylic acids is 4. The average Bonchev–Trinajstić information content (AvgIpc) is 3.43. The van der Waals surface area contributed by atoms with Gasteiger partial charge in [0.25, 0.3) is 0 Å². The predicted molar refractivity (Wildman–Crippen MR) is 321 cm³/mol. The second-order valence-electron chi connectivity index (χ2n) is 23.2. The lowest BCUT2D eigenvalue weighted by Crippen LogP contribution is -2.30. The van der Waals surface area contributed by atoms with Gasteiger partial charge in [-0.2, -0.15) is 0 Å². The molecular formula is C62H120O17P2. The van der Waals surface area contributed by atoms with Gasteiger partial charge in [-0.05, 0) is 37.5 Å². The van der Waals surface area contributed by atoms with Crippen molar-refractivity contribution in [2.75, 3.05) is 39.6 Å². The molecule has 0 radical (unpaired) electrons. The van der Waals surface area contributed by atoms with Crippen LogP contribution in [0.5, 0.6) is 0 Å². The molecule has 0 aromatic heterocycles. The minimum Gasteiger partial charge on any atom is -0.462 e. The summed E-state index contributed by atoms with van der Waals surface area (Å²) in [5.41, 5.74) is 0. The van der Waals surface area contributed by atoms with E-state index in [4.69, 9.17) is 37.0 Å². The third-order valence-electron chi connectivity index (χ3n) is 14.6. The molecule has 480 valence electrons. The molecule has 0 saturated heterocycles. The molecule has 0 bridgehead atoms. The largest absolute Gasteiger partial charge is 0.472 e. The van der Waals surface area contributed by atoms with Gasteiger partial charge in [0.15, 0.2) is 12.2 Å². The van der Waals surface area contributed by atoms with Gasteiger partial charge in [-0.15, -0.1) is 0 Å². The van der Waals surface area contributed by atoms with Crippen LogP contribution in [0.2, 0.25) is 0 Å². The Bertz CT molecular complexity index is 1600. The first-order valence-electron chi connectivity index (χ1n) is 32.5. The molecule has 0 fully saturated rings. The van der Waals surface area contributed by atoms with Crippen molar-refractivity contribution < 1.29 is 80.2 Å². The van der Waals surface area contributed by atoms with E-state index in [1.54, 1.807) is 0 Å². The van der Waals surface area contributed by atoms with Crippen LogP contribution in [0.1, 0.15) is 305 Å². The molecule has 0 spiro atoms. The maximum atomic E-state index is 13.0. The molecule has 0 aliphatic heterocycles. The normalized spacial score (nSPS) is 14.7. The molecule has 0 aliphatic carbocycles. The van der Waals surface area contributed by atoms with Crippen molar-refractivity contribution in [1.82, 2.24) is 0 Å². The summed E-state index contributed by atoms with van der Waals surface area (Å²) in [7, 11) is -9.88. The highest BCUT2D eigenvalue weighted by atomic mass is 31.2. The van der Waals surface area contributed by atoms with Gasteiger partial charge in [0, 0.05) is 25.7 Å². The van der Waals surface area contributed by atoms with Crippen molar-refractivity contribution in [3.05, 3.63) is 0 Å². The number of phosphoric ester groups is 2. The Morgan fingerprint density at radius 1 is 0.358 bits per heavy atom. The number of unbranched alkanes of at least 4 members (excludes halogenated alkanes) is 30. The van der Waals surface area contributed by atoms with Gasteiger partial charge < -0.3 is 33.8 Å². The Balaban J connectivity index is 5.23. The van der Waals surface area contributed by atoms with Gasteiger partial charge in [0.05, 0.1) is 26.4 Å². The van der Waals surface area contributed by atoms with Crippen LogP contribution in [0.15, 0.2) is 0 Å². The minimum absolute atomic E-state index is 0.105. The van der Waals surface area contributed by atoms with E-state index in [0.717, 1.165) is 108 Å². The lowest BCUT2D eigenvalue weighted by atomic mass is 9.99. The number of carbonyl (C=O) groups is 4. The Morgan fingerprint density at radius 2 is 0.630 bits per heavy atom. The third-order valence-corrected chi connectivity index (χ3v) is 16.5. The summed E-state index contributed by atoms with van der Waals surface area (Å²) in [5, 5.41) is 10.5. The van der Waals surface area contributed by atoms with Crippen LogP contribution in [-0.4, -0.2) is 96.7 Å². The summed E-state index contributed by atoms with van der Waals surface area (Å²) in [6.07, 6.45) is 36.2. The van der Waals surface area contributed by atoms with Crippen LogP contribution in [0, 0.1) is 11.8 Å². The molecule has 3 unspecified atom stereocenters. The lowest BCUT2D eigenvalue weighted by Gasteiger charge is -2.21. The van der Waals surface area contributed by atoms with Crippen molar-refractivity contribution in [2.24, 2.45) is 11.8 Å². The number of ether oxygens (including phenoxy) is 4. The van der Waals surface area contributed by atoms with Gasteiger partial charge in [0.2, 0.25) is 0 Å². The number of esters is 4. The van der Waals surface area contributed by atoms with Crippen molar-refractivity contribution in [2.45, 2.75) is 323 Å². The van der Waals surface area contributed by atoms with Gasteiger partial charge in [-0.1, -0.05) is 253 Å². The number of phosphoric acid groups is 2. The van der Waals surface area contributed by atoms with Gasteiger partial charge in [-0.25, -0.2) is 9.13 Å². The molecule has 3 N–H and O–H groups in total. The standard InChI is InChI=1S/C62H120O17P2/c1-7-10-12-14-16-19-28-34-40-46-61(66)78-57(50-72-59(64)44-38-32-26-17-15-13-11-8-2)52-76-80(68,69)74-48-56(63)49-75-81(70,71)77-53-58(79-62(67)47-41-35-29-21-18-20-24-30-36-42-54(4)5)51-73-60(65)45-39-33-27-23-22-25-31-37-43-55(6)9-3/h54-58,63H,7-53H2,1-6H3,(H,68,69)(H,70,71)/t55?,56-,57+,58+/m0/s1. The van der Waals surface area contributed by atoms with Crippen LogP contribution in [0.3, 0.4) is 0 Å². The molecule has 81 heavy (non-hydrogen) atoms. The molecular weight excluding hydrogens is 1080 g/mol. The van der Waals surface area contributed by atoms with E-state index < -0.39 is 97.5 Å². The van der Waals surface area contributed by atoms with E-state index in [0.29, 0.717) is 25.7 Å². The highest BCUT2D eigenvalue weighted by Gasteiger charge is 2.30. The number of hydrogen-bond acceptors (Lipinski definition) is 15. The van der Waals surface area contributed by atoms with Crippen LogP contribution >= 0.6 is 15.6 Å². The molecule has 0 rings (SSSR count). The summed E-state index contributed by atoms with van der Waals surface area (Å²) in [6.45, 7) is 9.42. The second-order valence-corrected chi connectivity index (χ2v) is 26.1. The first-order chi connectivity index (χ1) is 38.9. The molecule has 17 nitrogen and oxygen atoms in total. The maximum Gasteiger partial charge on any atom is 0.472 e. The number of aliphatic hydroxyl groups is 1. The fraction of sp³-hybridized carbons (Fsp3) is 0.935. The fourth-order valence-corrected chi connectivity index (χ4v) is 10.7. The highest BCUT2D eigenvalue weighted by molar-refractivity contribution is 7.47. The van der Waals surface area contributed by atoms with E-state index >= 15 is 0 Å². The molecule has 0 aromatic rings. The van der Waals surface area contributed by atoms with E-state index in [2.05, 4.69) is 41.5 Å². The van der Waals surface area contributed by atoms with E-state index in [1.807, 2.05) is 0 Å². The number of rotatable bonds is 61. The second kappa shape index (κ2) is 54.7. The van der Waals surface area contributed by atoms with Gasteiger partial charge >= 0.3 is 39.5 Å². The zero-order valence-corrected chi connectivity index (χ0v) is 53.9. The summed E-state index contributed by atoms with van der Waals surface area (Å²) >= 11 is 0. The monoisotopic (exact) mass is 1200 g/mol. The van der Waals surface area contributed by atoms with Crippen LogP contribution in [-0.2, 0) is 65.4 Å². The topological polar surface area (TPSA) is 237 Å². The summed E-state index contributed by atoms with van der Waals surface area (Å²) in [6, 6.07) is 0. The van der Waals surface area contributed by atoms with E-state index in [-0.39, 0.29) is 25.7 Å². The minimum atomic E-state index is -4.94. The Morgan fingerprint density at radius 3 is 0.938 bits per heavy atom. The van der Waals surface area contributed by atoms with Crippen LogP contribution < -0.4 is 0 Å². The molecule has 0 aromatic carbocycles. The van der Waals surface area contributed by atoms with Gasteiger partial charge in [-0.3, -0.25) is 37.3 Å². The first kappa shape index (κ1) is 79.1.